The Morgan fingerprint density at radius 3 is 2.07 bits per heavy atom. The van der Waals surface area contributed by atoms with Crippen LogP contribution in [0.5, 0.6) is 0 Å². The molecule has 1 atom stereocenters. The van der Waals surface area contributed by atoms with E-state index in [9.17, 15) is 5.11 Å². The Morgan fingerprint density at radius 2 is 1.53 bits per heavy atom. The van der Waals surface area contributed by atoms with Crippen LogP contribution in [0.25, 0.3) is 0 Å². The highest BCUT2D eigenvalue weighted by molar-refractivity contribution is 4.94. The zero-order chi connectivity index (χ0) is 10.4. The van der Waals surface area contributed by atoms with Gasteiger partial charge in [0.05, 0.1) is 19.8 Å². The number of aliphatic hydroxyl groups is 1. The summed E-state index contributed by atoms with van der Waals surface area (Å²) in [5, 5.41) is 9.83. The minimum absolute atomic E-state index is 0.0133. The van der Waals surface area contributed by atoms with Crippen LogP contribution in [0.3, 0.4) is 0 Å². The van der Waals surface area contributed by atoms with Gasteiger partial charge in [0.15, 0.2) is 12.1 Å². The molecule has 3 fully saturated rings. The van der Waals surface area contributed by atoms with Crippen LogP contribution in [0.1, 0.15) is 32.1 Å². The van der Waals surface area contributed by atoms with Crippen molar-refractivity contribution in [3.8, 4) is 0 Å². The van der Waals surface area contributed by atoms with Crippen molar-refractivity contribution in [2.24, 2.45) is 5.41 Å². The molecule has 2 spiro atoms. The molecule has 0 unspecified atom stereocenters. The molecule has 3 aliphatic rings. The molecule has 1 N–H and O–H groups in total. The lowest BCUT2D eigenvalue weighted by Crippen LogP contribution is -2.43. The molecule has 0 radical (unpaired) electrons. The fourth-order valence-corrected chi connectivity index (χ4v) is 3.09. The molecule has 2 heterocycles. The molecule has 0 aromatic heterocycles. The molecule has 86 valence electrons. The van der Waals surface area contributed by atoms with E-state index in [0.717, 1.165) is 32.1 Å². The molecule has 1 aliphatic carbocycles. The Balaban J connectivity index is 1.69. The van der Waals surface area contributed by atoms with E-state index in [0.29, 0.717) is 19.8 Å². The van der Waals surface area contributed by atoms with Gasteiger partial charge in [0.2, 0.25) is 0 Å². The van der Waals surface area contributed by atoms with Gasteiger partial charge in [0.25, 0.3) is 0 Å². The lowest BCUT2D eigenvalue weighted by molar-refractivity contribution is -0.212. The molecular formula is C11H18O4. The molecule has 0 aromatic rings. The van der Waals surface area contributed by atoms with E-state index >= 15 is 0 Å². The van der Waals surface area contributed by atoms with Crippen molar-refractivity contribution < 1.29 is 19.3 Å². The van der Waals surface area contributed by atoms with E-state index in [1.807, 2.05) is 0 Å². The molecule has 1 saturated carbocycles. The smallest absolute Gasteiger partial charge is 0.168 e. The third-order valence-electron chi connectivity index (χ3n) is 4.22. The van der Waals surface area contributed by atoms with Crippen molar-refractivity contribution in [3.63, 3.8) is 0 Å². The van der Waals surface area contributed by atoms with Gasteiger partial charge in [-0.1, -0.05) is 0 Å². The van der Waals surface area contributed by atoms with Crippen molar-refractivity contribution in [2.75, 3.05) is 19.8 Å². The summed E-state index contributed by atoms with van der Waals surface area (Å²) in [7, 11) is 0. The van der Waals surface area contributed by atoms with Crippen LogP contribution in [-0.2, 0) is 14.2 Å². The van der Waals surface area contributed by atoms with E-state index < -0.39 is 6.29 Å². The van der Waals surface area contributed by atoms with Gasteiger partial charge in [-0.05, 0) is 19.3 Å². The summed E-state index contributed by atoms with van der Waals surface area (Å²) in [5.41, 5.74) is -0.0133. The Kier molecular flexibility index (Phi) is 2.28. The lowest BCUT2D eigenvalue weighted by Gasteiger charge is -2.42. The molecule has 0 amide bonds. The van der Waals surface area contributed by atoms with Gasteiger partial charge in [0.1, 0.15) is 0 Å². The second kappa shape index (κ2) is 3.42. The predicted molar refractivity (Wildman–Crippen MR) is 52.1 cm³/mol. The summed E-state index contributed by atoms with van der Waals surface area (Å²) in [5.74, 6) is -0.326. The normalized spacial score (nSPS) is 37.8. The van der Waals surface area contributed by atoms with E-state index in [2.05, 4.69) is 0 Å². The van der Waals surface area contributed by atoms with Gasteiger partial charge in [-0.15, -0.1) is 0 Å². The van der Waals surface area contributed by atoms with Gasteiger partial charge in [-0.25, -0.2) is 0 Å². The fraction of sp³-hybridized carbons (Fsp3) is 1.00. The standard InChI is InChI=1S/C11H18O4/c12-9-10(5-6-13-9)1-3-11(4-2-10)14-7-8-15-11/h9,12H,1-8H2/t9-/m0/s1. The summed E-state index contributed by atoms with van der Waals surface area (Å²) in [6.07, 6.45) is 4.10. The second-order valence-corrected chi connectivity index (χ2v) is 4.94. The largest absolute Gasteiger partial charge is 0.367 e. The predicted octanol–water partition coefficient (Wildman–Crippen LogP) is 1.03. The number of ether oxygens (including phenoxy) is 3. The van der Waals surface area contributed by atoms with E-state index in [-0.39, 0.29) is 11.2 Å². The van der Waals surface area contributed by atoms with Gasteiger partial charge >= 0.3 is 0 Å². The van der Waals surface area contributed by atoms with Crippen LogP contribution in [-0.4, -0.2) is 37.0 Å². The van der Waals surface area contributed by atoms with E-state index in [1.54, 1.807) is 0 Å². The highest BCUT2D eigenvalue weighted by Crippen LogP contribution is 2.50. The SMILES string of the molecule is O[C@H]1OCCC12CCC1(CC2)OCCO1. The highest BCUT2D eigenvalue weighted by atomic mass is 16.7. The Hall–Kier alpha value is -0.160. The number of aliphatic hydroxyl groups excluding tert-OH is 1. The van der Waals surface area contributed by atoms with Crippen molar-refractivity contribution in [1.29, 1.82) is 0 Å². The van der Waals surface area contributed by atoms with Crippen LogP contribution in [0.15, 0.2) is 0 Å². The zero-order valence-electron chi connectivity index (χ0n) is 8.91. The van der Waals surface area contributed by atoms with Crippen molar-refractivity contribution in [1.82, 2.24) is 0 Å². The molecule has 15 heavy (non-hydrogen) atoms. The first kappa shape index (κ1) is 10.0. The maximum atomic E-state index is 9.83. The number of hydrogen-bond acceptors (Lipinski definition) is 4. The average Bonchev–Trinajstić information content (AvgIpc) is 2.82. The summed E-state index contributed by atoms with van der Waals surface area (Å²) >= 11 is 0. The Labute approximate surface area is 89.5 Å². The fourth-order valence-electron chi connectivity index (χ4n) is 3.09. The van der Waals surface area contributed by atoms with Crippen molar-refractivity contribution >= 4 is 0 Å². The van der Waals surface area contributed by atoms with Gasteiger partial charge in [-0.3, -0.25) is 0 Å². The minimum atomic E-state index is -0.573. The molecule has 4 nitrogen and oxygen atoms in total. The molecule has 2 aliphatic heterocycles. The molecule has 2 saturated heterocycles. The van der Waals surface area contributed by atoms with Gasteiger partial charge in [-0.2, -0.15) is 0 Å². The Morgan fingerprint density at radius 1 is 0.867 bits per heavy atom. The molecular weight excluding hydrogens is 196 g/mol. The summed E-state index contributed by atoms with van der Waals surface area (Å²) in [6, 6.07) is 0. The first-order chi connectivity index (χ1) is 7.25. The topological polar surface area (TPSA) is 47.9 Å². The quantitative estimate of drug-likeness (QED) is 0.654. The first-order valence-corrected chi connectivity index (χ1v) is 5.82. The van der Waals surface area contributed by atoms with E-state index in [1.165, 1.54) is 0 Å². The van der Waals surface area contributed by atoms with Crippen molar-refractivity contribution in [2.45, 2.75) is 44.2 Å². The summed E-state index contributed by atoms with van der Waals surface area (Å²) in [4.78, 5) is 0. The highest BCUT2D eigenvalue weighted by Gasteiger charge is 2.51. The maximum Gasteiger partial charge on any atom is 0.168 e. The van der Waals surface area contributed by atoms with Crippen molar-refractivity contribution in [3.05, 3.63) is 0 Å². The number of hydrogen-bond donors (Lipinski definition) is 1. The van der Waals surface area contributed by atoms with Gasteiger partial charge < -0.3 is 19.3 Å². The number of rotatable bonds is 0. The summed E-state index contributed by atoms with van der Waals surface area (Å²) in [6.45, 7) is 2.12. The third-order valence-corrected chi connectivity index (χ3v) is 4.22. The second-order valence-electron chi connectivity index (χ2n) is 4.94. The molecule has 0 aromatic carbocycles. The zero-order valence-corrected chi connectivity index (χ0v) is 8.91. The minimum Gasteiger partial charge on any atom is -0.367 e. The molecule has 0 bridgehead atoms. The van der Waals surface area contributed by atoms with E-state index in [4.69, 9.17) is 14.2 Å². The van der Waals surface area contributed by atoms with Gasteiger partial charge in [0, 0.05) is 18.3 Å². The van der Waals surface area contributed by atoms with Crippen LogP contribution in [0.2, 0.25) is 0 Å². The van der Waals surface area contributed by atoms with Crippen LogP contribution in [0.4, 0.5) is 0 Å². The van der Waals surface area contributed by atoms with Crippen LogP contribution < -0.4 is 0 Å². The summed E-state index contributed by atoms with van der Waals surface area (Å²) < 4.78 is 16.6. The van der Waals surface area contributed by atoms with Crippen LogP contribution >= 0.6 is 0 Å². The monoisotopic (exact) mass is 214 g/mol. The Bertz CT molecular complexity index is 237. The lowest BCUT2D eigenvalue weighted by atomic mass is 9.70. The van der Waals surface area contributed by atoms with Crippen LogP contribution in [0, 0.1) is 5.41 Å². The molecule has 3 rings (SSSR count). The third kappa shape index (κ3) is 1.51. The first-order valence-electron chi connectivity index (χ1n) is 5.82. The maximum absolute atomic E-state index is 9.83. The average molecular weight is 214 g/mol. The molecule has 4 heteroatoms.